The minimum atomic E-state index is -0.263. The van der Waals surface area contributed by atoms with Gasteiger partial charge in [0.05, 0.1) is 10.7 Å². The summed E-state index contributed by atoms with van der Waals surface area (Å²) < 4.78 is 0. The number of rotatable bonds is 2. The Hall–Kier alpha value is -0.450. The molecule has 0 bridgehead atoms. The molecule has 0 aliphatic carbocycles. The van der Waals surface area contributed by atoms with Crippen molar-refractivity contribution in [3.05, 3.63) is 15.6 Å². The van der Waals surface area contributed by atoms with E-state index in [4.69, 9.17) is 10.7 Å². The molecule has 2 rings (SSSR count). The van der Waals surface area contributed by atoms with Gasteiger partial charge in [0.15, 0.2) is 0 Å². The maximum atomic E-state index is 6.19. The third-order valence-corrected chi connectivity index (χ3v) is 5.03. The first-order chi connectivity index (χ1) is 7.88. The highest BCUT2D eigenvalue weighted by Crippen LogP contribution is 2.34. The summed E-state index contributed by atoms with van der Waals surface area (Å²) in [6, 6.07) is 0. The van der Waals surface area contributed by atoms with E-state index >= 15 is 0 Å². The Morgan fingerprint density at radius 3 is 2.71 bits per heavy atom. The monoisotopic (exact) mass is 253 g/mol. The molecule has 1 aromatic rings. The number of aromatic nitrogens is 1. The Morgan fingerprint density at radius 2 is 2.18 bits per heavy atom. The zero-order chi connectivity index (χ0) is 12.6. The van der Waals surface area contributed by atoms with E-state index in [1.165, 1.54) is 29.3 Å². The molecule has 0 spiro atoms. The first-order valence-corrected chi connectivity index (χ1v) is 7.15. The molecule has 0 aromatic carbocycles. The zero-order valence-corrected chi connectivity index (χ0v) is 12.1. The molecule has 17 heavy (non-hydrogen) atoms. The molecule has 1 atom stereocenters. The molecule has 2 heterocycles. The fourth-order valence-electron chi connectivity index (χ4n) is 2.56. The Balaban J connectivity index is 2.22. The standard InChI is InChI=1S/C13H23N3S/c1-9-11(13(2,3)14)17-12(15-9)10-6-5-7-16(4)8-10/h10H,5-8,14H2,1-4H3. The maximum absolute atomic E-state index is 6.19. The number of nitrogens with zero attached hydrogens (tertiary/aromatic N) is 2. The van der Waals surface area contributed by atoms with Crippen molar-refractivity contribution < 1.29 is 0 Å². The van der Waals surface area contributed by atoms with E-state index in [1.54, 1.807) is 0 Å². The molecular formula is C13H23N3S. The van der Waals surface area contributed by atoms with Gasteiger partial charge in [-0.25, -0.2) is 4.98 Å². The number of likely N-dealkylation sites (tertiary alicyclic amines) is 1. The summed E-state index contributed by atoms with van der Waals surface area (Å²) in [5.74, 6) is 0.605. The van der Waals surface area contributed by atoms with Crippen molar-refractivity contribution in [3.63, 3.8) is 0 Å². The molecule has 1 fully saturated rings. The second-order valence-electron chi connectivity index (χ2n) is 5.79. The van der Waals surface area contributed by atoms with Gasteiger partial charge in [-0.2, -0.15) is 0 Å². The van der Waals surface area contributed by atoms with Crippen LogP contribution in [0.1, 0.15) is 48.2 Å². The summed E-state index contributed by atoms with van der Waals surface area (Å²) in [6.45, 7) is 8.55. The molecule has 2 N–H and O–H groups in total. The third kappa shape index (κ3) is 2.87. The van der Waals surface area contributed by atoms with Crippen molar-refractivity contribution in [2.24, 2.45) is 5.73 Å². The van der Waals surface area contributed by atoms with Gasteiger partial charge >= 0.3 is 0 Å². The van der Waals surface area contributed by atoms with Crippen molar-refractivity contribution in [1.29, 1.82) is 0 Å². The summed E-state index contributed by atoms with van der Waals surface area (Å²) in [5, 5.41) is 1.28. The molecule has 96 valence electrons. The lowest BCUT2D eigenvalue weighted by atomic mass is 9.99. The van der Waals surface area contributed by atoms with Gasteiger partial charge < -0.3 is 10.6 Å². The molecule has 4 heteroatoms. The van der Waals surface area contributed by atoms with Gasteiger partial charge in [0, 0.05) is 22.9 Å². The average molecular weight is 253 g/mol. The first kappa shape index (κ1) is 13.0. The van der Waals surface area contributed by atoms with E-state index in [1.807, 2.05) is 11.3 Å². The predicted octanol–water partition coefficient (Wildman–Crippen LogP) is 2.45. The topological polar surface area (TPSA) is 42.2 Å². The van der Waals surface area contributed by atoms with Gasteiger partial charge in [-0.1, -0.05) is 0 Å². The largest absolute Gasteiger partial charge is 0.321 e. The van der Waals surface area contributed by atoms with Gasteiger partial charge in [-0.3, -0.25) is 0 Å². The molecule has 1 saturated heterocycles. The Morgan fingerprint density at radius 1 is 1.47 bits per heavy atom. The van der Waals surface area contributed by atoms with Gasteiger partial charge in [0.25, 0.3) is 0 Å². The van der Waals surface area contributed by atoms with Crippen LogP contribution < -0.4 is 5.73 Å². The van der Waals surface area contributed by atoms with Crippen LogP contribution >= 0.6 is 11.3 Å². The van der Waals surface area contributed by atoms with Crippen molar-refractivity contribution in [2.75, 3.05) is 20.1 Å². The second-order valence-corrected chi connectivity index (χ2v) is 6.82. The Kier molecular flexibility index (Phi) is 3.57. The fourth-order valence-corrected chi connectivity index (χ4v) is 3.76. The highest BCUT2D eigenvalue weighted by atomic mass is 32.1. The second kappa shape index (κ2) is 4.67. The summed E-state index contributed by atoms with van der Waals surface area (Å²) in [7, 11) is 2.19. The number of nitrogens with two attached hydrogens (primary N) is 1. The highest BCUT2D eigenvalue weighted by molar-refractivity contribution is 7.12. The van der Waals surface area contributed by atoms with Crippen molar-refractivity contribution in [1.82, 2.24) is 9.88 Å². The lowest BCUT2D eigenvalue weighted by Gasteiger charge is -2.28. The van der Waals surface area contributed by atoms with Crippen molar-refractivity contribution >= 4 is 11.3 Å². The maximum Gasteiger partial charge on any atom is 0.0975 e. The van der Waals surface area contributed by atoms with E-state index in [9.17, 15) is 0 Å². The van der Waals surface area contributed by atoms with Gasteiger partial charge in [0.1, 0.15) is 0 Å². The van der Waals surface area contributed by atoms with Crippen LogP contribution in [0.25, 0.3) is 0 Å². The molecule has 1 unspecified atom stereocenters. The molecule has 0 saturated carbocycles. The normalized spacial score (nSPS) is 23.0. The van der Waals surface area contributed by atoms with Crippen LogP contribution in [0.15, 0.2) is 0 Å². The quantitative estimate of drug-likeness (QED) is 0.880. The van der Waals surface area contributed by atoms with Crippen LogP contribution in [-0.4, -0.2) is 30.0 Å². The van der Waals surface area contributed by atoms with E-state index in [0.717, 1.165) is 12.2 Å². The minimum absolute atomic E-state index is 0.263. The molecule has 1 aromatic heterocycles. The summed E-state index contributed by atoms with van der Waals surface area (Å²) in [4.78, 5) is 8.38. The summed E-state index contributed by atoms with van der Waals surface area (Å²) in [6.07, 6.45) is 2.54. The SMILES string of the molecule is Cc1nc(C2CCCN(C)C2)sc1C(C)(C)N. The molecular weight excluding hydrogens is 230 g/mol. The number of hydrogen-bond donors (Lipinski definition) is 1. The smallest absolute Gasteiger partial charge is 0.0975 e. The zero-order valence-electron chi connectivity index (χ0n) is 11.3. The van der Waals surface area contributed by atoms with Crippen LogP contribution in [0.4, 0.5) is 0 Å². The van der Waals surface area contributed by atoms with E-state index in [2.05, 4.69) is 32.7 Å². The number of aryl methyl sites for hydroxylation is 1. The number of thiazole rings is 1. The summed E-state index contributed by atoms with van der Waals surface area (Å²) >= 11 is 1.81. The Labute approximate surface area is 108 Å². The number of likely N-dealkylation sites (N-methyl/N-ethyl adjacent to an activating group) is 1. The van der Waals surface area contributed by atoms with Crippen LogP contribution in [0.2, 0.25) is 0 Å². The molecule has 1 aliphatic rings. The minimum Gasteiger partial charge on any atom is -0.321 e. The molecule has 3 nitrogen and oxygen atoms in total. The van der Waals surface area contributed by atoms with Gasteiger partial charge in [-0.15, -0.1) is 11.3 Å². The lowest BCUT2D eigenvalue weighted by molar-refractivity contribution is 0.250. The van der Waals surface area contributed by atoms with E-state index in [-0.39, 0.29) is 5.54 Å². The molecule has 0 amide bonds. The Bertz CT molecular complexity index is 392. The van der Waals surface area contributed by atoms with Crippen LogP contribution in [0.5, 0.6) is 0 Å². The first-order valence-electron chi connectivity index (χ1n) is 6.33. The number of piperidine rings is 1. The van der Waals surface area contributed by atoms with Gasteiger partial charge in [0.2, 0.25) is 0 Å². The van der Waals surface area contributed by atoms with E-state index < -0.39 is 0 Å². The van der Waals surface area contributed by atoms with Crippen LogP contribution in [0, 0.1) is 6.92 Å². The van der Waals surface area contributed by atoms with Crippen molar-refractivity contribution in [3.8, 4) is 0 Å². The fraction of sp³-hybridized carbons (Fsp3) is 0.769. The summed E-state index contributed by atoms with van der Waals surface area (Å²) in [5.41, 5.74) is 7.04. The lowest BCUT2D eigenvalue weighted by Crippen LogP contribution is -2.30. The predicted molar refractivity (Wildman–Crippen MR) is 73.5 cm³/mol. The average Bonchev–Trinajstić information content (AvgIpc) is 2.60. The highest BCUT2D eigenvalue weighted by Gasteiger charge is 2.26. The third-order valence-electron chi connectivity index (χ3n) is 3.37. The van der Waals surface area contributed by atoms with Crippen molar-refractivity contribution in [2.45, 2.75) is 45.1 Å². The number of hydrogen-bond acceptors (Lipinski definition) is 4. The van der Waals surface area contributed by atoms with Crippen LogP contribution in [-0.2, 0) is 5.54 Å². The molecule has 0 radical (unpaired) electrons. The molecule has 1 aliphatic heterocycles. The van der Waals surface area contributed by atoms with Gasteiger partial charge in [-0.05, 0) is 47.2 Å². The van der Waals surface area contributed by atoms with E-state index in [0.29, 0.717) is 5.92 Å². The van der Waals surface area contributed by atoms with Crippen LogP contribution in [0.3, 0.4) is 0 Å².